The van der Waals surface area contributed by atoms with Crippen LogP contribution in [0, 0.1) is 29.1 Å². The van der Waals surface area contributed by atoms with Crippen molar-refractivity contribution in [3.63, 3.8) is 0 Å². The van der Waals surface area contributed by atoms with Crippen LogP contribution in [0.3, 0.4) is 0 Å². The summed E-state index contributed by atoms with van der Waals surface area (Å²) in [4.78, 5) is 128. The molecule has 0 spiro atoms. The van der Waals surface area contributed by atoms with Crippen molar-refractivity contribution in [1.82, 2.24) is 0 Å². The molecular formula is C16H42N2O24P8. The van der Waals surface area contributed by atoms with E-state index in [1.165, 1.54) is 6.42 Å². The molecule has 0 aliphatic heterocycles. The van der Waals surface area contributed by atoms with Crippen molar-refractivity contribution in [3.8, 4) is 0 Å². The van der Waals surface area contributed by atoms with Gasteiger partial charge in [0.2, 0.25) is 0 Å². The van der Waals surface area contributed by atoms with Crippen molar-refractivity contribution in [2.75, 3.05) is 36.7 Å². The summed E-state index contributed by atoms with van der Waals surface area (Å²) in [5.41, 5.74) is 11.9. The Morgan fingerprint density at radius 1 is 0.440 bits per heavy atom. The molecule has 0 amide bonds. The third-order valence-electron chi connectivity index (χ3n) is 6.07. The highest BCUT2D eigenvalue weighted by atomic mass is 31.3. The van der Waals surface area contributed by atoms with Crippen LogP contribution in [0.25, 0.3) is 0 Å². The molecule has 0 radical (unpaired) electrons. The van der Waals surface area contributed by atoms with E-state index in [1.807, 2.05) is 0 Å². The molecule has 3 aliphatic rings. The van der Waals surface area contributed by atoms with E-state index in [9.17, 15) is 36.5 Å². The summed E-state index contributed by atoms with van der Waals surface area (Å²) in [7, 11) is -36.4. The summed E-state index contributed by atoms with van der Waals surface area (Å²) >= 11 is 0. The van der Waals surface area contributed by atoms with Crippen molar-refractivity contribution in [3.05, 3.63) is 24.3 Å². The van der Waals surface area contributed by atoms with E-state index in [0.29, 0.717) is 19.0 Å². The first-order valence-corrected chi connectivity index (χ1v) is 27.2. The Balaban J connectivity index is 0. The van der Waals surface area contributed by atoms with Crippen LogP contribution in [-0.2, 0) is 36.5 Å². The van der Waals surface area contributed by atoms with Gasteiger partial charge < -0.3 is 89.8 Å². The second-order valence-corrected chi connectivity index (χ2v) is 26.1. The molecule has 20 N–H and O–H groups in total. The maximum Gasteiger partial charge on any atom is 0.337 e. The van der Waals surface area contributed by atoms with E-state index in [0.717, 1.165) is 17.8 Å². The summed E-state index contributed by atoms with van der Waals surface area (Å²) in [6.45, 7) is 1.41. The second-order valence-electron chi connectivity index (χ2n) is 10.9. The monoisotopic (exact) mass is 894 g/mol. The summed E-state index contributed by atoms with van der Waals surface area (Å²) in [6.07, 6.45) is 10.8. The molecule has 0 heterocycles. The number of nitrogens with two attached hydrogens (primary N) is 2. The molecular weight excluding hydrogens is 852 g/mol. The maximum absolute atomic E-state index is 9.85. The van der Waals surface area contributed by atoms with Gasteiger partial charge in [0.25, 0.3) is 0 Å². The largest absolute Gasteiger partial charge is 0.337 e. The van der Waals surface area contributed by atoms with E-state index in [4.69, 9.17) is 89.8 Å². The molecule has 0 aromatic heterocycles. The van der Waals surface area contributed by atoms with Crippen LogP contribution in [0.15, 0.2) is 24.3 Å². The predicted molar refractivity (Wildman–Crippen MR) is 173 cm³/mol. The molecule has 1 saturated carbocycles. The van der Waals surface area contributed by atoms with Crippen molar-refractivity contribution in [2.45, 2.75) is 6.42 Å². The fraction of sp³-hybridized carbons (Fsp3) is 0.750. The smallest absolute Gasteiger partial charge is 0.330 e. The van der Waals surface area contributed by atoms with Gasteiger partial charge >= 0.3 is 60.8 Å². The first kappa shape index (κ1) is 52.7. The average Bonchev–Trinajstić information content (AvgIpc) is 3.44. The number of fused-ring (bicyclic) bond motifs is 5. The van der Waals surface area contributed by atoms with Gasteiger partial charge in [-0.15, -0.1) is 0 Å². The predicted octanol–water partition coefficient (Wildman–Crippen LogP) is -1.90. The van der Waals surface area contributed by atoms with E-state index in [-0.39, 0.29) is 5.41 Å². The van der Waals surface area contributed by atoms with E-state index >= 15 is 0 Å². The van der Waals surface area contributed by atoms with Gasteiger partial charge in [0.15, 0.2) is 23.6 Å². The SMILES string of the molecule is NCC1(CN)C=CC2C3C=CC(C3)C21.O=P(O)(O)CP(=O)(O)O.O=P(O)(O)CP(=O)(O)O.O=P(O)(O)CP(=O)(O)O.O=P(O)(O)CP(=O)(O)O. The lowest BCUT2D eigenvalue weighted by Gasteiger charge is -2.36. The minimum absolute atomic E-state index is 0.106. The Bertz CT molecular complexity index is 1300. The summed E-state index contributed by atoms with van der Waals surface area (Å²) in [6, 6.07) is 0. The molecule has 0 aromatic rings. The molecule has 2 bridgehead atoms. The maximum atomic E-state index is 9.85. The van der Waals surface area contributed by atoms with E-state index < -0.39 is 84.4 Å². The second kappa shape index (κ2) is 19.5. The zero-order chi connectivity index (χ0) is 40.6. The minimum atomic E-state index is -4.55. The van der Waals surface area contributed by atoms with E-state index in [2.05, 4.69) is 24.3 Å². The van der Waals surface area contributed by atoms with Crippen LogP contribution in [0.1, 0.15) is 6.42 Å². The molecule has 300 valence electrons. The molecule has 50 heavy (non-hydrogen) atoms. The van der Waals surface area contributed by atoms with Crippen molar-refractivity contribution in [1.29, 1.82) is 0 Å². The van der Waals surface area contributed by atoms with Crippen molar-refractivity contribution in [2.24, 2.45) is 40.6 Å². The third kappa shape index (κ3) is 27.2. The van der Waals surface area contributed by atoms with Gasteiger partial charge in [-0.25, -0.2) is 0 Å². The number of rotatable bonds is 10. The first-order chi connectivity index (χ1) is 21.6. The molecule has 3 rings (SSSR count). The summed E-state index contributed by atoms with van der Waals surface area (Å²) < 4.78 is 78.8. The zero-order valence-corrected chi connectivity index (χ0v) is 32.4. The Morgan fingerprint density at radius 3 is 0.880 bits per heavy atom. The van der Waals surface area contributed by atoms with Gasteiger partial charge in [0, 0.05) is 18.5 Å². The zero-order valence-electron chi connectivity index (χ0n) is 25.2. The molecule has 26 nitrogen and oxygen atoms in total. The molecule has 3 aliphatic carbocycles. The van der Waals surface area contributed by atoms with Gasteiger partial charge in [-0.05, 0) is 30.1 Å². The topological polar surface area (TPSA) is 512 Å². The highest BCUT2D eigenvalue weighted by Gasteiger charge is 2.54. The Morgan fingerprint density at radius 2 is 0.680 bits per heavy atom. The molecule has 4 unspecified atom stereocenters. The van der Waals surface area contributed by atoms with Crippen LogP contribution in [-0.4, -0.2) is 115 Å². The molecule has 34 heteroatoms. The van der Waals surface area contributed by atoms with Gasteiger partial charge in [0.05, 0.1) is 0 Å². The fourth-order valence-corrected chi connectivity index (χ4v) is 12.5. The molecule has 1 fully saturated rings. The van der Waals surface area contributed by atoms with Crippen LogP contribution in [0.5, 0.6) is 0 Å². The van der Waals surface area contributed by atoms with Crippen molar-refractivity contribution >= 4 is 60.8 Å². The molecule has 0 aromatic carbocycles. The highest BCUT2D eigenvalue weighted by molar-refractivity contribution is 7.70. The fourth-order valence-electron chi connectivity index (χ4n) is 4.80. The lowest BCUT2D eigenvalue weighted by atomic mass is 9.70. The van der Waals surface area contributed by atoms with Gasteiger partial charge in [0.1, 0.15) is 0 Å². The quantitative estimate of drug-likeness (QED) is 0.0841. The molecule has 0 saturated heterocycles. The summed E-state index contributed by atoms with van der Waals surface area (Å²) in [5.74, 6) is -2.54. The number of allylic oxidation sites excluding steroid dienone is 3. The summed E-state index contributed by atoms with van der Waals surface area (Å²) in [5, 5.41) is 0. The van der Waals surface area contributed by atoms with Crippen LogP contribution in [0.2, 0.25) is 0 Å². The van der Waals surface area contributed by atoms with E-state index in [1.54, 1.807) is 0 Å². The number of hydrogen-bond donors (Lipinski definition) is 18. The van der Waals surface area contributed by atoms with Gasteiger partial charge in [-0.2, -0.15) is 0 Å². The van der Waals surface area contributed by atoms with Gasteiger partial charge in [-0.3, -0.25) is 36.5 Å². The minimum Gasteiger partial charge on any atom is -0.330 e. The van der Waals surface area contributed by atoms with Crippen LogP contribution in [0.4, 0.5) is 0 Å². The average molecular weight is 894 g/mol. The lowest BCUT2D eigenvalue weighted by molar-refractivity contribution is 0.198. The lowest BCUT2D eigenvalue weighted by Crippen LogP contribution is -2.43. The Hall–Kier alpha value is 0.600. The highest BCUT2D eigenvalue weighted by Crippen LogP contribution is 2.59. The van der Waals surface area contributed by atoms with Crippen molar-refractivity contribution < 1.29 is 115 Å². The molecule has 4 atom stereocenters. The van der Waals surface area contributed by atoms with Crippen LogP contribution >= 0.6 is 60.8 Å². The van der Waals surface area contributed by atoms with Crippen LogP contribution < -0.4 is 11.5 Å². The Kier molecular flexibility index (Phi) is 20.5. The number of hydrogen-bond acceptors (Lipinski definition) is 10. The standard InChI is InChI=1S/C12H18N2.4CH6O6P2/c13-6-12(7-14)4-3-10-8-1-2-9(5-8)11(10)12;4*2-8(3,4)1-9(5,6)7/h1-4,8-11H,5-7,13-14H2;4*1H2,(H2,2,3,4)(H2,5,6,7). The third-order valence-corrected chi connectivity index (χ3v) is 17.9. The normalized spacial score (nSPS) is 22.8. The van der Waals surface area contributed by atoms with Gasteiger partial charge in [-0.1, -0.05) is 24.3 Å². The Labute approximate surface area is 283 Å². The first-order valence-electron chi connectivity index (χ1n) is 12.8.